The second-order valence-electron chi connectivity index (χ2n) is 8.20. The normalized spacial score (nSPS) is 17.5. The standard InChI is InChI=1S/C23H28N4O5S/c1-14(2)19(26-23(31)32-13-15-7-4-3-5-8-15)21(29)25-18-12-16-11-17(33-27-16)9-6-10-24-22(30)20(18)28/h3-5,7-8,11,14,18-19H,6,9-10,12-13H2,1-2H3,(H,24,30)(H,25,29)(H,26,31). The lowest BCUT2D eigenvalue weighted by atomic mass is 10.0. The highest BCUT2D eigenvalue weighted by Gasteiger charge is 2.32. The van der Waals surface area contributed by atoms with Gasteiger partial charge in [-0.25, -0.2) is 4.79 Å². The topological polar surface area (TPSA) is 126 Å². The van der Waals surface area contributed by atoms with Crippen molar-refractivity contribution >= 4 is 35.2 Å². The van der Waals surface area contributed by atoms with Gasteiger partial charge in [0.2, 0.25) is 11.7 Å². The van der Waals surface area contributed by atoms with Crippen molar-refractivity contribution in [3.63, 3.8) is 0 Å². The first-order valence-corrected chi connectivity index (χ1v) is 11.6. The van der Waals surface area contributed by atoms with Crippen molar-refractivity contribution in [2.75, 3.05) is 6.54 Å². The highest BCUT2D eigenvalue weighted by Crippen LogP contribution is 2.15. The molecule has 0 saturated heterocycles. The monoisotopic (exact) mass is 472 g/mol. The second-order valence-corrected chi connectivity index (χ2v) is 9.09. The Labute approximate surface area is 196 Å². The summed E-state index contributed by atoms with van der Waals surface area (Å²) in [7, 11) is 0. The van der Waals surface area contributed by atoms with Gasteiger partial charge in [-0.3, -0.25) is 14.4 Å². The van der Waals surface area contributed by atoms with Gasteiger partial charge in [0.1, 0.15) is 18.7 Å². The largest absolute Gasteiger partial charge is 0.445 e. The van der Waals surface area contributed by atoms with E-state index in [4.69, 9.17) is 4.74 Å². The van der Waals surface area contributed by atoms with Crippen LogP contribution in [0.25, 0.3) is 0 Å². The highest BCUT2D eigenvalue weighted by molar-refractivity contribution is 7.05. The first-order chi connectivity index (χ1) is 15.8. The van der Waals surface area contributed by atoms with Crippen molar-refractivity contribution < 1.29 is 23.9 Å². The molecule has 3 N–H and O–H groups in total. The number of alkyl carbamates (subject to hydrolysis) is 1. The molecule has 0 aliphatic carbocycles. The molecule has 2 unspecified atom stereocenters. The van der Waals surface area contributed by atoms with E-state index in [1.165, 1.54) is 11.5 Å². The average Bonchev–Trinajstić information content (AvgIpc) is 3.24. The number of aryl methyl sites for hydroxylation is 1. The number of ketones is 1. The summed E-state index contributed by atoms with van der Waals surface area (Å²) >= 11 is 1.35. The van der Waals surface area contributed by atoms with Crippen LogP contribution in [0.5, 0.6) is 0 Å². The molecule has 1 aliphatic heterocycles. The van der Waals surface area contributed by atoms with Crippen LogP contribution in [-0.2, 0) is 38.6 Å². The van der Waals surface area contributed by atoms with Crippen molar-refractivity contribution in [2.24, 2.45) is 5.92 Å². The Morgan fingerprint density at radius 3 is 2.73 bits per heavy atom. The predicted octanol–water partition coefficient (Wildman–Crippen LogP) is 1.75. The number of hydrogen-bond donors (Lipinski definition) is 3. The van der Waals surface area contributed by atoms with E-state index in [1.54, 1.807) is 13.8 Å². The minimum atomic E-state index is -1.09. The highest BCUT2D eigenvalue weighted by atomic mass is 32.1. The molecule has 3 rings (SSSR count). The van der Waals surface area contributed by atoms with Gasteiger partial charge >= 0.3 is 6.09 Å². The molecule has 1 aromatic heterocycles. The number of ether oxygens (including phenoxy) is 1. The minimum Gasteiger partial charge on any atom is -0.445 e. The zero-order valence-corrected chi connectivity index (χ0v) is 19.4. The molecule has 2 aromatic rings. The number of fused-ring (bicyclic) bond motifs is 2. The number of rotatable bonds is 6. The van der Waals surface area contributed by atoms with Gasteiger partial charge in [-0.1, -0.05) is 44.2 Å². The molecular weight excluding hydrogens is 444 g/mol. The Balaban J connectivity index is 1.66. The summed E-state index contributed by atoms with van der Waals surface area (Å²) in [6, 6.07) is 9.02. The number of nitrogens with one attached hydrogen (secondary N) is 3. The van der Waals surface area contributed by atoms with Gasteiger partial charge in [0.25, 0.3) is 5.91 Å². The van der Waals surface area contributed by atoms with Gasteiger partial charge in [0.15, 0.2) is 0 Å². The molecule has 2 bridgehead atoms. The number of carbonyl (C=O) groups is 4. The fraction of sp³-hybridized carbons (Fsp3) is 0.435. The fourth-order valence-corrected chi connectivity index (χ4v) is 4.17. The number of benzene rings is 1. The lowest BCUT2D eigenvalue weighted by Gasteiger charge is -2.24. The molecule has 2 heterocycles. The van der Waals surface area contributed by atoms with E-state index < -0.39 is 35.8 Å². The van der Waals surface area contributed by atoms with Gasteiger partial charge in [-0.05, 0) is 41.9 Å². The summed E-state index contributed by atoms with van der Waals surface area (Å²) in [5, 5.41) is 7.81. The Hall–Kier alpha value is -3.27. The summed E-state index contributed by atoms with van der Waals surface area (Å²) in [5.41, 5.74) is 1.45. The maximum atomic E-state index is 13.0. The molecule has 2 atom stereocenters. The maximum Gasteiger partial charge on any atom is 0.408 e. The molecule has 9 nitrogen and oxygen atoms in total. The second kappa shape index (κ2) is 11.6. The van der Waals surface area contributed by atoms with Crippen molar-refractivity contribution in [1.29, 1.82) is 0 Å². The Bertz CT molecular complexity index is 992. The minimum absolute atomic E-state index is 0.0621. The van der Waals surface area contributed by atoms with Gasteiger partial charge in [-0.2, -0.15) is 4.37 Å². The lowest BCUT2D eigenvalue weighted by Crippen LogP contribution is -2.56. The summed E-state index contributed by atoms with van der Waals surface area (Å²) in [6.07, 6.45) is 0.802. The van der Waals surface area contributed by atoms with Crippen LogP contribution in [0.1, 0.15) is 36.4 Å². The maximum absolute atomic E-state index is 13.0. The predicted molar refractivity (Wildman–Crippen MR) is 122 cm³/mol. The number of aromatic nitrogens is 1. The number of nitrogens with zero attached hydrogens (tertiary/aromatic N) is 1. The van der Waals surface area contributed by atoms with Crippen molar-refractivity contribution in [1.82, 2.24) is 20.3 Å². The van der Waals surface area contributed by atoms with Crippen LogP contribution < -0.4 is 16.0 Å². The smallest absolute Gasteiger partial charge is 0.408 e. The van der Waals surface area contributed by atoms with E-state index in [0.717, 1.165) is 16.9 Å². The van der Waals surface area contributed by atoms with Crippen LogP contribution >= 0.6 is 11.5 Å². The van der Waals surface area contributed by atoms with Crippen molar-refractivity contribution in [2.45, 2.75) is 51.8 Å². The van der Waals surface area contributed by atoms with Gasteiger partial charge in [0, 0.05) is 17.8 Å². The SMILES string of the molecule is CC(C)C(NC(=O)OCc1ccccc1)C(=O)NC1Cc2cc(sn2)CCCNC(=O)C1=O. The Morgan fingerprint density at radius 2 is 2.00 bits per heavy atom. The summed E-state index contributed by atoms with van der Waals surface area (Å²) < 4.78 is 9.56. The molecule has 176 valence electrons. The van der Waals surface area contributed by atoms with Gasteiger partial charge in [0.05, 0.1) is 5.69 Å². The van der Waals surface area contributed by atoms with Gasteiger partial charge in [-0.15, -0.1) is 0 Å². The van der Waals surface area contributed by atoms with E-state index >= 15 is 0 Å². The molecule has 10 heteroatoms. The van der Waals surface area contributed by atoms with E-state index in [-0.39, 0.29) is 18.9 Å². The average molecular weight is 473 g/mol. The number of hydrogen-bond acceptors (Lipinski definition) is 7. The zero-order valence-electron chi connectivity index (χ0n) is 18.6. The molecule has 0 fully saturated rings. The quantitative estimate of drug-likeness (QED) is 0.550. The van der Waals surface area contributed by atoms with Crippen LogP contribution in [0.4, 0.5) is 4.79 Å². The van der Waals surface area contributed by atoms with E-state index in [1.807, 2.05) is 36.4 Å². The molecule has 0 spiro atoms. The van der Waals surface area contributed by atoms with Crippen molar-refractivity contribution in [3.8, 4) is 0 Å². The first-order valence-electron chi connectivity index (χ1n) is 10.9. The Kier molecular flexibility index (Phi) is 8.53. The van der Waals surface area contributed by atoms with Crippen molar-refractivity contribution in [3.05, 3.63) is 52.5 Å². The van der Waals surface area contributed by atoms with Crippen LogP contribution in [0.2, 0.25) is 0 Å². The fourth-order valence-electron chi connectivity index (χ4n) is 3.39. The lowest BCUT2D eigenvalue weighted by molar-refractivity contribution is -0.140. The number of Topliss-reactive ketones (excluding diaryl/α,β-unsaturated/α-hetero) is 1. The van der Waals surface area contributed by atoms with Gasteiger partial charge < -0.3 is 20.7 Å². The Morgan fingerprint density at radius 1 is 1.24 bits per heavy atom. The molecular formula is C23H28N4O5S. The number of amides is 3. The zero-order chi connectivity index (χ0) is 23.8. The summed E-state index contributed by atoms with van der Waals surface area (Å²) in [6.45, 7) is 3.95. The van der Waals surface area contributed by atoms with E-state index in [0.29, 0.717) is 18.7 Å². The van der Waals surface area contributed by atoms with Crippen LogP contribution in [0.15, 0.2) is 36.4 Å². The van der Waals surface area contributed by atoms with Crippen LogP contribution in [0, 0.1) is 5.92 Å². The van der Waals surface area contributed by atoms with Crippen LogP contribution in [-0.4, -0.2) is 46.7 Å². The molecule has 0 radical (unpaired) electrons. The van der Waals surface area contributed by atoms with E-state index in [2.05, 4.69) is 20.3 Å². The van der Waals surface area contributed by atoms with E-state index in [9.17, 15) is 19.2 Å². The molecule has 1 aliphatic rings. The third-order valence-corrected chi connectivity index (χ3v) is 6.08. The number of carbonyl (C=O) groups excluding carboxylic acids is 4. The summed E-state index contributed by atoms with van der Waals surface area (Å²) in [4.78, 5) is 51.4. The third kappa shape index (κ3) is 7.11. The third-order valence-electron chi connectivity index (χ3n) is 5.20. The van der Waals surface area contributed by atoms with Crippen LogP contribution in [0.3, 0.4) is 0 Å². The molecule has 1 aromatic carbocycles. The molecule has 33 heavy (non-hydrogen) atoms. The molecule has 3 amide bonds. The first kappa shape index (κ1) is 24.4. The molecule has 0 saturated carbocycles. The summed E-state index contributed by atoms with van der Waals surface area (Å²) in [5.74, 6) is -2.34.